The zero-order chi connectivity index (χ0) is 4.50. The van der Waals surface area contributed by atoms with E-state index in [-0.39, 0.29) is 24.5 Å². The summed E-state index contributed by atoms with van der Waals surface area (Å²) in [7, 11) is -4.61. The SMILES string of the molecule is C.O[Si](O)(O)O.[Fe]. The molecule has 0 aromatic rings. The number of hydrogen-bond donors (Lipinski definition) is 4. The third kappa shape index (κ3) is 415. The van der Waals surface area contributed by atoms with Gasteiger partial charge in [0.2, 0.25) is 0 Å². The third-order valence-electron chi connectivity index (χ3n) is 0. The molecule has 0 aliphatic carbocycles. The Morgan fingerprint density at radius 1 is 0.857 bits per heavy atom. The molecule has 4 N–H and O–H groups in total. The van der Waals surface area contributed by atoms with Crippen LogP contribution in [0.1, 0.15) is 7.43 Å². The Kier molecular flexibility index (Phi) is 10.6. The minimum atomic E-state index is -4.61. The van der Waals surface area contributed by atoms with Gasteiger partial charge >= 0.3 is 9.05 Å². The van der Waals surface area contributed by atoms with Crippen LogP contribution in [0.2, 0.25) is 0 Å². The van der Waals surface area contributed by atoms with Crippen LogP contribution in [0.5, 0.6) is 0 Å². The molecule has 4 nitrogen and oxygen atoms in total. The average Bonchev–Trinajstić information content (AvgIpc) is 0.722. The van der Waals surface area contributed by atoms with E-state index < -0.39 is 9.05 Å². The van der Waals surface area contributed by atoms with Crippen molar-refractivity contribution in [3.63, 3.8) is 0 Å². The van der Waals surface area contributed by atoms with Gasteiger partial charge in [-0.3, -0.25) is 0 Å². The Bertz CT molecular complexity index is 27.2. The number of rotatable bonds is 0. The minimum absolute atomic E-state index is 0. The molecule has 0 rings (SSSR count). The standard InChI is InChI=1S/CH4.Fe.H4O4Si/c;;1-5(2,3)4/h1H4;;1-4H. The van der Waals surface area contributed by atoms with Crippen LogP contribution in [0.25, 0.3) is 0 Å². The van der Waals surface area contributed by atoms with E-state index >= 15 is 0 Å². The minimum Gasteiger partial charge on any atom is -0.368 e. The van der Waals surface area contributed by atoms with Crippen LogP contribution in [0.4, 0.5) is 0 Å². The molecule has 0 unspecified atom stereocenters. The molecule has 6 heteroatoms. The van der Waals surface area contributed by atoms with Gasteiger partial charge in [0.15, 0.2) is 0 Å². The summed E-state index contributed by atoms with van der Waals surface area (Å²) in [6.45, 7) is 0. The Morgan fingerprint density at radius 2 is 0.857 bits per heavy atom. The molecule has 0 fully saturated rings. The summed E-state index contributed by atoms with van der Waals surface area (Å²) in [5, 5.41) is 0. The molecule has 0 bridgehead atoms. The van der Waals surface area contributed by atoms with Crippen molar-refractivity contribution in [3.8, 4) is 0 Å². The normalized spacial score (nSPS) is 8.57. The summed E-state index contributed by atoms with van der Waals surface area (Å²) in [6.07, 6.45) is 0. The van der Waals surface area contributed by atoms with Crippen molar-refractivity contribution in [1.29, 1.82) is 0 Å². The third-order valence-corrected chi connectivity index (χ3v) is 0. The van der Waals surface area contributed by atoms with Crippen LogP contribution in [-0.4, -0.2) is 28.2 Å². The predicted molar refractivity (Wildman–Crippen MR) is 21.4 cm³/mol. The van der Waals surface area contributed by atoms with Gasteiger partial charge in [-0.15, -0.1) is 0 Å². The summed E-state index contributed by atoms with van der Waals surface area (Å²) >= 11 is 0. The van der Waals surface area contributed by atoms with Crippen molar-refractivity contribution in [2.45, 2.75) is 7.43 Å². The molecule has 0 aromatic heterocycles. The second kappa shape index (κ2) is 4.73. The van der Waals surface area contributed by atoms with Crippen LogP contribution in [-0.2, 0) is 17.1 Å². The zero-order valence-electron chi connectivity index (χ0n) is 2.64. The van der Waals surface area contributed by atoms with E-state index in [0.717, 1.165) is 0 Å². The fraction of sp³-hybridized carbons (Fsp3) is 1.00. The van der Waals surface area contributed by atoms with Crippen LogP contribution in [0, 0.1) is 0 Å². The van der Waals surface area contributed by atoms with E-state index in [9.17, 15) is 0 Å². The Hall–Kier alpha value is 0.576. The summed E-state index contributed by atoms with van der Waals surface area (Å²) in [5.41, 5.74) is 0. The fourth-order valence-electron chi connectivity index (χ4n) is 0. The van der Waals surface area contributed by atoms with Gasteiger partial charge in [0, 0.05) is 17.1 Å². The first-order valence-corrected chi connectivity index (χ1v) is 2.68. The number of hydrogen-bond acceptors (Lipinski definition) is 4. The first-order valence-electron chi connectivity index (χ1n) is 0.894. The van der Waals surface area contributed by atoms with E-state index in [1.54, 1.807) is 0 Å². The van der Waals surface area contributed by atoms with E-state index in [2.05, 4.69) is 0 Å². The second-order valence-electron chi connectivity index (χ2n) is 0.600. The summed E-state index contributed by atoms with van der Waals surface area (Å²) in [5.74, 6) is 0. The molecule has 0 radical (unpaired) electrons. The van der Waals surface area contributed by atoms with E-state index in [0.29, 0.717) is 0 Å². The molecule has 0 saturated heterocycles. The van der Waals surface area contributed by atoms with Gasteiger partial charge in [0.1, 0.15) is 0 Å². The van der Waals surface area contributed by atoms with Crippen LogP contribution in [0.15, 0.2) is 0 Å². The van der Waals surface area contributed by atoms with Crippen molar-refractivity contribution in [3.05, 3.63) is 0 Å². The summed E-state index contributed by atoms with van der Waals surface area (Å²) in [4.78, 5) is 29.3. The maximum atomic E-state index is 7.33. The molecule has 0 heterocycles. The fourth-order valence-corrected chi connectivity index (χ4v) is 0. The molecule has 0 amide bonds. The molecular weight excluding hydrogens is 160 g/mol. The molecule has 0 atom stereocenters. The predicted octanol–water partition coefficient (Wildman–Crippen LogP) is -1.98. The van der Waals surface area contributed by atoms with Crippen molar-refractivity contribution in [1.82, 2.24) is 0 Å². The second-order valence-corrected chi connectivity index (χ2v) is 1.80. The van der Waals surface area contributed by atoms with Crippen molar-refractivity contribution >= 4 is 9.05 Å². The van der Waals surface area contributed by atoms with E-state index in [1.807, 2.05) is 0 Å². The van der Waals surface area contributed by atoms with E-state index in [1.165, 1.54) is 0 Å². The van der Waals surface area contributed by atoms with E-state index in [4.69, 9.17) is 19.2 Å². The van der Waals surface area contributed by atoms with Crippen LogP contribution < -0.4 is 0 Å². The van der Waals surface area contributed by atoms with Gasteiger partial charge in [0.25, 0.3) is 0 Å². The van der Waals surface area contributed by atoms with Crippen LogP contribution in [0.3, 0.4) is 0 Å². The maximum absolute atomic E-state index is 7.33. The first-order chi connectivity index (χ1) is 2.00. The van der Waals surface area contributed by atoms with Gasteiger partial charge in [-0.2, -0.15) is 0 Å². The van der Waals surface area contributed by atoms with Crippen molar-refractivity contribution < 1.29 is 36.3 Å². The summed E-state index contributed by atoms with van der Waals surface area (Å²) in [6, 6.07) is 0. The molecule has 0 saturated carbocycles. The molecule has 0 aliphatic rings. The molecular formula is CH8FeO4Si. The average molecular weight is 168 g/mol. The van der Waals surface area contributed by atoms with Gasteiger partial charge in [0.05, 0.1) is 0 Å². The quantitative estimate of drug-likeness (QED) is 0.316. The molecule has 0 spiro atoms. The van der Waals surface area contributed by atoms with Gasteiger partial charge < -0.3 is 19.2 Å². The molecule has 0 aliphatic heterocycles. The maximum Gasteiger partial charge on any atom is 0.668 e. The molecule has 7 heavy (non-hydrogen) atoms. The van der Waals surface area contributed by atoms with Crippen molar-refractivity contribution in [2.24, 2.45) is 0 Å². The Morgan fingerprint density at radius 3 is 0.857 bits per heavy atom. The monoisotopic (exact) mass is 168 g/mol. The largest absolute Gasteiger partial charge is 0.668 e. The smallest absolute Gasteiger partial charge is 0.368 e. The zero-order valence-corrected chi connectivity index (χ0v) is 4.75. The summed E-state index contributed by atoms with van der Waals surface area (Å²) < 4.78 is 0. The van der Waals surface area contributed by atoms with Gasteiger partial charge in [-0.1, -0.05) is 7.43 Å². The Balaban J connectivity index is -0.0000000800. The van der Waals surface area contributed by atoms with Crippen molar-refractivity contribution in [2.75, 3.05) is 0 Å². The first kappa shape index (κ1) is 15.6. The molecule has 48 valence electrons. The Labute approximate surface area is 53.4 Å². The molecule has 0 aromatic carbocycles. The van der Waals surface area contributed by atoms with Crippen LogP contribution >= 0.6 is 0 Å². The topological polar surface area (TPSA) is 80.9 Å². The van der Waals surface area contributed by atoms with Gasteiger partial charge in [-0.25, -0.2) is 0 Å². The van der Waals surface area contributed by atoms with Gasteiger partial charge in [-0.05, 0) is 0 Å².